The second kappa shape index (κ2) is 10.3. The van der Waals surface area contributed by atoms with Crippen LogP contribution in [0.15, 0.2) is 24.5 Å². The van der Waals surface area contributed by atoms with E-state index in [2.05, 4.69) is 32.9 Å². The van der Waals surface area contributed by atoms with Crippen molar-refractivity contribution in [1.29, 1.82) is 0 Å². The molecule has 0 spiro atoms. The maximum absolute atomic E-state index is 6.58. The Kier molecular flexibility index (Phi) is 7.45. The number of nitrogens with zero attached hydrogens (tertiary/aromatic N) is 5. The lowest BCUT2D eigenvalue weighted by Gasteiger charge is -2.41. The van der Waals surface area contributed by atoms with Crippen LogP contribution in [0.1, 0.15) is 61.8 Å². The predicted molar refractivity (Wildman–Crippen MR) is 122 cm³/mol. The summed E-state index contributed by atoms with van der Waals surface area (Å²) in [5, 5.41) is 5.29. The van der Waals surface area contributed by atoms with Crippen LogP contribution >= 0.6 is 11.6 Å². The van der Waals surface area contributed by atoms with Gasteiger partial charge in [0.1, 0.15) is 5.15 Å². The number of rotatable bonds is 7. The summed E-state index contributed by atoms with van der Waals surface area (Å²) >= 11 is 6.58. The molecule has 1 saturated carbocycles. The number of piperidine rings is 1. The lowest BCUT2D eigenvalue weighted by molar-refractivity contribution is 0.0771. The average molecular weight is 430 g/mol. The van der Waals surface area contributed by atoms with E-state index in [1.165, 1.54) is 63.6 Å². The van der Waals surface area contributed by atoms with Crippen LogP contribution in [-0.4, -0.2) is 50.2 Å². The molecule has 164 valence electrons. The summed E-state index contributed by atoms with van der Waals surface area (Å²) in [5.41, 5.74) is 3.45. The molecule has 1 aliphatic carbocycles. The number of likely N-dealkylation sites (tertiary alicyclic amines) is 1. The smallest absolute Gasteiger partial charge is 0.131 e. The fourth-order valence-electron chi connectivity index (χ4n) is 5.40. The molecule has 1 aliphatic heterocycles. The van der Waals surface area contributed by atoms with Gasteiger partial charge in [-0.2, -0.15) is 5.10 Å². The maximum Gasteiger partial charge on any atom is 0.131 e. The van der Waals surface area contributed by atoms with Crippen molar-refractivity contribution >= 4 is 11.6 Å². The Labute approximate surface area is 186 Å². The number of pyridine rings is 1. The number of aryl methyl sites for hydroxylation is 2. The van der Waals surface area contributed by atoms with Gasteiger partial charge in [-0.25, -0.2) is 0 Å². The standard InChI is InChI=1S/C24H36ClN5/c1-19-23(24(25)28(2)27-19)18-29(15-20-8-6-12-26-14-20)16-21-9-7-13-30(17-21)22-10-4-3-5-11-22/h6,8,12,14,21-22H,3-5,7,9-11,13,15-18H2,1-2H3/t21-/m1/s1. The third kappa shape index (κ3) is 5.43. The highest BCUT2D eigenvalue weighted by atomic mass is 35.5. The third-order valence-corrected chi connectivity index (χ3v) is 7.41. The topological polar surface area (TPSA) is 37.2 Å². The molecule has 2 aromatic heterocycles. The first-order valence-electron chi connectivity index (χ1n) is 11.6. The normalized spacial score (nSPS) is 21.4. The molecule has 6 heteroatoms. The van der Waals surface area contributed by atoms with Crippen LogP contribution in [0.3, 0.4) is 0 Å². The van der Waals surface area contributed by atoms with E-state index >= 15 is 0 Å². The monoisotopic (exact) mass is 429 g/mol. The van der Waals surface area contributed by atoms with Crippen molar-refractivity contribution in [3.63, 3.8) is 0 Å². The molecular weight excluding hydrogens is 394 g/mol. The molecule has 2 aromatic rings. The first-order valence-corrected chi connectivity index (χ1v) is 12.0. The Morgan fingerprint density at radius 3 is 2.67 bits per heavy atom. The van der Waals surface area contributed by atoms with Crippen molar-refractivity contribution in [2.24, 2.45) is 13.0 Å². The van der Waals surface area contributed by atoms with Crippen LogP contribution in [0.4, 0.5) is 0 Å². The van der Waals surface area contributed by atoms with Crippen molar-refractivity contribution in [1.82, 2.24) is 24.6 Å². The highest BCUT2D eigenvalue weighted by Gasteiger charge is 2.28. The zero-order chi connectivity index (χ0) is 20.9. The van der Waals surface area contributed by atoms with Crippen molar-refractivity contribution in [3.8, 4) is 0 Å². The van der Waals surface area contributed by atoms with E-state index in [0.717, 1.165) is 42.1 Å². The van der Waals surface area contributed by atoms with E-state index in [1.807, 2.05) is 25.5 Å². The van der Waals surface area contributed by atoms with Gasteiger partial charge in [0.05, 0.1) is 5.69 Å². The molecule has 4 rings (SSSR count). The molecule has 0 bridgehead atoms. The quantitative estimate of drug-likeness (QED) is 0.632. The number of aromatic nitrogens is 3. The summed E-state index contributed by atoms with van der Waals surface area (Å²) < 4.78 is 1.79. The minimum Gasteiger partial charge on any atom is -0.300 e. The van der Waals surface area contributed by atoms with E-state index in [9.17, 15) is 0 Å². The van der Waals surface area contributed by atoms with Gasteiger partial charge in [-0.3, -0.25) is 14.6 Å². The molecule has 2 aliphatic rings. The van der Waals surface area contributed by atoms with Crippen molar-refractivity contribution < 1.29 is 0 Å². The zero-order valence-corrected chi connectivity index (χ0v) is 19.3. The Bertz CT molecular complexity index is 799. The molecule has 0 N–H and O–H groups in total. The summed E-state index contributed by atoms with van der Waals surface area (Å²) in [6.45, 7) is 7.44. The van der Waals surface area contributed by atoms with Gasteiger partial charge in [0.15, 0.2) is 0 Å². The molecule has 5 nitrogen and oxygen atoms in total. The van der Waals surface area contributed by atoms with Crippen LogP contribution in [0.5, 0.6) is 0 Å². The highest BCUT2D eigenvalue weighted by molar-refractivity contribution is 6.30. The minimum atomic E-state index is 0.716. The summed E-state index contributed by atoms with van der Waals surface area (Å²) in [7, 11) is 1.92. The Hall–Kier alpha value is -1.43. The maximum atomic E-state index is 6.58. The van der Waals surface area contributed by atoms with Crippen LogP contribution < -0.4 is 0 Å². The first kappa shape index (κ1) is 21.8. The lowest BCUT2D eigenvalue weighted by Crippen LogP contribution is -2.46. The molecule has 0 unspecified atom stereocenters. The Balaban J connectivity index is 1.46. The van der Waals surface area contributed by atoms with Crippen LogP contribution in [-0.2, 0) is 20.1 Å². The van der Waals surface area contributed by atoms with Gasteiger partial charge in [0.2, 0.25) is 0 Å². The molecular formula is C24H36ClN5. The molecule has 0 aromatic carbocycles. The van der Waals surface area contributed by atoms with Crippen LogP contribution in [0, 0.1) is 12.8 Å². The lowest BCUT2D eigenvalue weighted by atomic mass is 9.90. The van der Waals surface area contributed by atoms with Gasteiger partial charge >= 0.3 is 0 Å². The second-order valence-corrected chi connectivity index (χ2v) is 9.66. The first-order chi connectivity index (χ1) is 14.6. The van der Waals surface area contributed by atoms with Crippen molar-refractivity contribution in [3.05, 3.63) is 46.5 Å². The number of hydrogen-bond donors (Lipinski definition) is 0. The van der Waals surface area contributed by atoms with Crippen molar-refractivity contribution in [2.45, 2.75) is 71.0 Å². The Morgan fingerprint density at radius 1 is 1.13 bits per heavy atom. The molecule has 3 heterocycles. The fourth-order valence-corrected chi connectivity index (χ4v) is 5.64. The van der Waals surface area contributed by atoms with Gasteiger partial charge in [-0.05, 0) is 56.7 Å². The summed E-state index contributed by atoms with van der Waals surface area (Å²) in [4.78, 5) is 9.69. The summed E-state index contributed by atoms with van der Waals surface area (Å²) in [5.74, 6) is 0.716. The fraction of sp³-hybridized carbons (Fsp3) is 0.667. The third-order valence-electron chi connectivity index (χ3n) is 6.94. The van der Waals surface area contributed by atoms with Gasteiger partial charge < -0.3 is 4.90 Å². The molecule has 1 atom stereocenters. The van der Waals surface area contributed by atoms with E-state index < -0.39 is 0 Å². The van der Waals surface area contributed by atoms with Gasteiger partial charge in [-0.1, -0.05) is 36.9 Å². The zero-order valence-electron chi connectivity index (χ0n) is 18.6. The molecule has 0 amide bonds. The molecule has 2 fully saturated rings. The van der Waals surface area contributed by atoms with E-state index in [1.54, 1.807) is 4.68 Å². The predicted octanol–water partition coefficient (Wildman–Crippen LogP) is 4.82. The molecule has 30 heavy (non-hydrogen) atoms. The van der Waals surface area contributed by atoms with Gasteiger partial charge in [-0.15, -0.1) is 0 Å². The summed E-state index contributed by atoms with van der Waals surface area (Å²) in [6.07, 6.45) is 13.5. The summed E-state index contributed by atoms with van der Waals surface area (Å²) in [6, 6.07) is 5.03. The van der Waals surface area contributed by atoms with E-state index in [4.69, 9.17) is 11.6 Å². The molecule has 1 saturated heterocycles. The van der Waals surface area contributed by atoms with E-state index in [-0.39, 0.29) is 0 Å². The van der Waals surface area contributed by atoms with Crippen molar-refractivity contribution in [2.75, 3.05) is 19.6 Å². The van der Waals surface area contributed by atoms with Gasteiger partial charge in [0, 0.05) is 57.2 Å². The average Bonchev–Trinajstić information content (AvgIpc) is 3.01. The van der Waals surface area contributed by atoms with E-state index in [0.29, 0.717) is 5.92 Å². The number of hydrogen-bond acceptors (Lipinski definition) is 4. The van der Waals surface area contributed by atoms with Crippen LogP contribution in [0.25, 0.3) is 0 Å². The van der Waals surface area contributed by atoms with Crippen LogP contribution in [0.2, 0.25) is 5.15 Å². The highest BCUT2D eigenvalue weighted by Crippen LogP contribution is 2.29. The molecule has 0 radical (unpaired) electrons. The SMILES string of the molecule is Cc1nn(C)c(Cl)c1CN(Cc1cccnc1)C[C@H]1CCCN(C2CCCCC2)C1. The van der Waals surface area contributed by atoms with Gasteiger partial charge in [0.25, 0.3) is 0 Å². The minimum absolute atomic E-state index is 0.716. The number of halogens is 1. The second-order valence-electron chi connectivity index (χ2n) is 9.30. The largest absolute Gasteiger partial charge is 0.300 e. The Morgan fingerprint density at radius 2 is 1.97 bits per heavy atom.